The molecule has 11 nitrogen and oxygen atoms in total. The van der Waals surface area contributed by atoms with Gasteiger partial charge in [0.05, 0.1) is 34.2 Å². The van der Waals surface area contributed by atoms with Gasteiger partial charge >= 0.3 is 12.4 Å². The highest BCUT2D eigenvalue weighted by Gasteiger charge is 2.35. The van der Waals surface area contributed by atoms with Crippen LogP contribution in [0.25, 0.3) is 11.4 Å². The summed E-state index contributed by atoms with van der Waals surface area (Å²) >= 11 is 2.32. The molecule has 4 heterocycles. The number of nitrogens with zero attached hydrogens (tertiary/aromatic N) is 8. The average molecular weight is 721 g/mol. The SMILES string of the molecule is Cc1nnsc1C(=O)Nc1ccc(-n2nc(C(F)(F)F)cc2C)cc1.Cc1nnsc1CNc1ccc(-n2nc(C(F)(F)F)cc2C)cc1. The van der Waals surface area contributed by atoms with Gasteiger partial charge in [-0.3, -0.25) is 4.79 Å². The number of anilines is 2. The summed E-state index contributed by atoms with van der Waals surface area (Å²) < 4.78 is 86.5. The highest BCUT2D eigenvalue weighted by atomic mass is 32.1. The normalized spacial score (nSPS) is 11.6. The highest BCUT2D eigenvalue weighted by molar-refractivity contribution is 7.08. The molecular formula is C30H26F6N10OS2. The van der Waals surface area contributed by atoms with Crippen molar-refractivity contribution < 1.29 is 31.1 Å². The lowest BCUT2D eigenvalue weighted by Crippen LogP contribution is -2.11. The molecule has 0 bridgehead atoms. The van der Waals surface area contributed by atoms with E-state index in [9.17, 15) is 31.1 Å². The van der Waals surface area contributed by atoms with Crippen molar-refractivity contribution >= 4 is 40.3 Å². The molecule has 6 rings (SSSR count). The first-order valence-corrected chi connectivity index (χ1v) is 15.8. The highest BCUT2D eigenvalue weighted by Crippen LogP contribution is 2.31. The molecule has 0 saturated carbocycles. The van der Waals surface area contributed by atoms with Crippen molar-refractivity contribution in [2.75, 3.05) is 10.6 Å². The Balaban J connectivity index is 0.000000191. The van der Waals surface area contributed by atoms with Gasteiger partial charge in [0, 0.05) is 22.8 Å². The number of aryl methyl sites for hydroxylation is 4. The number of hydrogen-bond acceptors (Lipinski definition) is 10. The fourth-order valence-corrected chi connectivity index (χ4v) is 5.50. The van der Waals surface area contributed by atoms with E-state index in [1.165, 1.54) is 27.8 Å². The Morgan fingerprint density at radius 1 is 0.694 bits per heavy atom. The Morgan fingerprint density at radius 3 is 1.57 bits per heavy atom. The summed E-state index contributed by atoms with van der Waals surface area (Å²) in [5.74, 6) is -0.338. The van der Waals surface area contributed by atoms with Gasteiger partial charge in [0.15, 0.2) is 11.4 Å². The van der Waals surface area contributed by atoms with Crippen molar-refractivity contribution in [1.82, 2.24) is 38.7 Å². The molecular weight excluding hydrogens is 695 g/mol. The minimum atomic E-state index is -4.50. The molecule has 2 aromatic carbocycles. The van der Waals surface area contributed by atoms with E-state index in [0.29, 0.717) is 45.6 Å². The van der Waals surface area contributed by atoms with Gasteiger partial charge in [-0.05, 0) is 111 Å². The van der Waals surface area contributed by atoms with Gasteiger partial charge in [0.1, 0.15) is 4.88 Å². The smallest absolute Gasteiger partial charge is 0.380 e. The molecule has 2 N–H and O–H groups in total. The van der Waals surface area contributed by atoms with Gasteiger partial charge in [-0.15, -0.1) is 10.2 Å². The van der Waals surface area contributed by atoms with Crippen LogP contribution in [-0.4, -0.2) is 44.6 Å². The lowest BCUT2D eigenvalue weighted by molar-refractivity contribution is -0.142. The molecule has 19 heteroatoms. The predicted molar refractivity (Wildman–Crippen MR) is 171 cm³/mol. The van der Waals surface area contributed by atoms with Crippen molar-refractivity contribution in [3.05, 3.63) is 105 Å². The predicted octanol–water partition coefficient (Wildman–Crippen LogP) is 7.58. The van der Waals surface area contributed by atoms with E-state index in [2.05, 4.69) is 40.0 Å². The molecule has 0 unspecified atom stereocenters. The van der Waals surface area contributed by atoms with Gasteiger partial charge < -0.3 is 10.6 Å². The average Bonchev–Trinajstić information content (AvgIpc) is 3.84. The molecule has 0 aliphatic heterocycles. The largest absolute Gasteiger partial charge is 0.435 e. The van der Waals surface area contributed by atoms with E-state index >= 15 is 0 Å². The second kappa shape index (κ2) is 14.1. The Morgan fingerprint density at radius 2 is 1.16 bits per heavy atom. The third-order valence-corrected chi connectivity index (χ3v) is 8.54. The van der Waals surface area contributed by atoms with Crippen LogP contribution in [0.5, 0.6) is 0 Å². The maximum absolute atomic E-state index is 12.7. The first kappa shape index (κ1) is 35.1. The zero-order chi connectivity index (χ0) is 35.5. The zero-order valence-electron chi connectivity index (χ0n) is 26.1. The number of nitrogens with one attached hydrogen (secondary N) is 2. The molecule has 0 atom stereocenters. The Kier molecular flexibility index (Phi) is 10.1. The van der Waals surface area contributed by atoms with Crippen LogP contribution in [0, 0.1) is 27.7 Å². The molecule has 256 valence electrons. The van der Waals surface area contributed by atoms with E-state index in [0.717, 1.165) is 39.9 Å². The monoisotopic (exact) mass is 720 g/mol. The maximum atomic E-state index is 12.7. The number of carbonyl (C=O) groups is 1. The Hall–Kier alpha value is -5.17. The molecule has 49 heavy (non-hydrogen) atoms. The molecule has 0 fully saturated rings. The quantitative estimate of drug-likeness (QED) is 0.162. The molecule has 0 aliphatic rings. The van der Waals surface area contributed by atoms with Crippen LogP contribution in [0.15, 0.2) is 60.7 Å². The van der Waals surface area contributed by atoms with E-state index < -0.39 is 23.7 Å². The van der Waals surface area contributed by atoms with Crippen LogP contribution < -0.4 is 10.6 Å². The van der Waals surface area contributed by atoms with E-state index in [4.69, 9.17) is 0 Å². The lowest BCUT2D eigenvalue weighted by Gasteiger charge is -2.08. The van der Waals surface area contributed by atoms with Crippen molar-refractivity contribution in [3.63, 3.8) is 0 Å². The molecule has 6 aromatic rings. The molecule has 0 aliphatic carbocycles. The second-order valence-electron chi connectivity index (χ2n) is 10.5. The number of amides is 1. The van der Waals surface area contributed by atoms with E-state index in [1.54, 1.807) is 62.4 Å². The molecule has 0 radical (unpaired) electrons. The lowest BCUT2D eigenvalue weighted by atomic mass is 10.2. The van der Waals surface area contributed by atoms with E-state index in [1.807, 2.05) is 6.92 Å². The number of carbonyl (C=O) groups excluding carboxylic acids is 1. The molecule has 0 spiro atoms. The Bertz CT molecular complexity index is 2040. The van der Waals surface area contributed by atoms with Crippen molar-refractivity contribution in [2.45, 2.75) is 46.6 Å². The van der Waals surface area contributed by atoms with Gasteiger partial charge in [-0.2, -0.15) is 36.5 Å². The third-order valence-electron chi connectivity index (χ3n) is 6.89. The number of halogens is 6. The zero-order valence-corrected chi connectivity index (χ0v) is 27.7. The molecule has 1 amide bonds. The standard InChI is InChI=1S/C15H12F3N5OS.C15H14F3N5S/c1-8-7-12(15(16,17)18)21-23(8)11-5-3-10(4-6-11)19-14(24)13-9(2)20-22-25-13;1-9-7-14(15(16,17)18)21-23(9)12-5-3-11(4-6-12)19-8-13-10(2)20-22-24-13/h3-7H,1-2H3,(H,19,24);3-7,19H,8H2,1-2H3. The van der Waals surface area contributed by atoms with Gasteiger partial charge in [0.25, 0.3) is 5.91 Å². The van der Waals surface area contributed by atoms with Gasteiger partial charge in [-0.25, -0.2) is 9.36 Å². The molecule has 4 aromatic heterocycles. The number of aromatic nitrogens is 8. The maximum Gasteiger partial charge on any atom is 0.435 e. The summed E-state index contributed by atoms with van der Waals surface area (Å²) in [5, 5.41) is 20.8. The van der Waals surface area contributed by atoms with Crippen LogP contribution in [0.4, 0.5) is 37.7 Å². The fraction of sp³-hybridized carbons (Fsp3) is 0.233. The number of hydrogen-bond donors (Lipinski definition) is 2. The second-order valence-corrected chi connectivity index (χ2v) is 12.1. The summed E-state index contributed by atoms with van der Waals surface area (Å²) in [6.07, 6.45) is -8.94. The Labute approximate surface area is 282 Å². The minimum absolute atomic E-state index is 0.338. The van der Waals surface area contributed by atoms with Gasteiger partial charge in [0.2, 0.25) is 0 Å². The molecule has 0 saturated heterocycles. The van der Waals surface area contributed by atoms with Crippen molar-refractivity contribution in [3.8, 4) is 11.4 Å². The summed E-state index contributed by atoms with van der Waals surface area (Å²) in [5.41, 5.74) is 2.75. The first-order chi connectivity index (χ1) is 23.1. The van der Waals surface area contributed by atoms with Crippen molar-refractivity contribution in [1.29, 1.82) is 0 Å². The summed E-state index contributed by atoms with van der Waals surface area (Å²) in [7, 11) is 0. The topological polar surface area (TPSA) is 128 Å². The summed E-state index contributed by atoms with van der Waals surface area (Å²) in [6, 6.07) is 15.4. The van der Waals surface area contributed by atoms with Crippen LogP contribution in [-0.2, 0) is 18.9 Å². The summed E-state index contributed by atoms with van der Waals surface area (Å²) in [4.78, 5) is 13.5. The minimum Gasteiger partial charge on any atom is -0.380 e. The summed E-state index contributed by atoms with van der Waals surface area (Å²) in [6.45, 7) is 7.30. The van der Waals surface area contributed by atoms with E-state index in [-0.39, 0.29) is 5.91 Å². The van der Waals surface area contributed by atoms with Crippen LogP contribution >= 0.6 is 23.1 Å². The number of benzene rings is 2. The first-order valence-electron chi connectivity index (χ1n) is 14.2. The fourth-order valence-electron chi connectivity index (χ4n) is 4.38. The van der Waals surface area contributed by atoms with Crippen LogP contribution in [0.3, 0.4) is 0 Å². The van der Waals surface area contributed by atoms with Gasteiger partial charge in [-0.1, -0.05) is 8.98 Å². The van der Waals surface area contributed by atoms with Crippen LogP contribution in [0.2, 0.25) is 0 Å². The third kappa shape index (κ3) is 8.47. The van der Waals surface area contributed by atoms with Crippen LogP contribution in [0.1, 0.15) is 48.7 Å². The van der Waals surface area contributed by atoms with Crippen molar-refractivity contribution in [2.24, 2.45) is 0 Å². The number of rotatable bonds is 7. The number of alkyl halides is 6.